The largest absolute Gasteiger partial charge is 0.488 e. The minimum Gasteiger partial charge on any atom is -0.488 e. The molecule has 0 atom stereocenters. The van der Waals surface area contributed by atoms with Crippen LogP contribution in [-0.2, 0) is 30.4 Å². The Morgan fingerprint density at radius 1 is 0.638 bits per heavy atom. The van der Waals surface area contributed by atoms with Gasteiger partial charge in [-0.1, -0.05) is 24.3 Å². The van der Waals surface area contributed by atoms with Crippen molar-refractivity contribution in [2.75, 3.05) is 49.2 Å². The Balaban J connectivity index is 1.68. The van der Waals surface area contributed by atoms with Gasteiger partial charge in [0.25, 0.3) is 0 Å². The molecular formula is C40H36N2O16. The van der Waals surface area contributed by atoms with Crippen LogP contribution in [0.2, 0.25) is 0 Å². The number of ether oxygens (including phenoxy) is 2. The number of aryl methyl sites for hydroxylation is 2. The summed E-state index contributed by atoms with van der Waals surface area (Å²) in [5.41, 5.74) is 0.773. The molecule has 0 fully saturated rings. The molecule has 0 radical (unpaired) electrons. The smallest absolute Gasteiger partial charge is 0.336 e. The van der Waals surface area contributed by atoms with Crippen LogP contribution in [0.1, 0.15) is 27.9 Å². The van der Waals surface area contributed by atoms with Gasteiger partial charge in [-0.2, -0.15) is 0 Å². The number of carboxylic acids is 6. The molecule has 1 aliphatic heterocycles. The Morgan fingerprint density at radius 2 is 1.21 bits per heavy atom. The summed E-state index contributed by atoms with van der Waals surface area (Å²) >= 11 is 0. The number of nitrogens with zero attached hydrogens (tertiary/aromatic N) is 2. The molecular weight excluding hydrogens is 764 g/mol. The fraction of sp³-hybridized carbons (Fsp3) is 0.225. The van der Waals surface area contributed by atoms with Crippen molar-refractivity contribution < 1.29 is 73.3 Å². The first kappa shape index (κ1) is 41.5. The van der Waals surface area contributed by atoms with Gasteiger partial charge in [0, 0.05) is 40.6 Å². The molecule has 58 heavy (non-hydrogen) atoms. The van der Waals surface area contributed by atoms with Crippen molar-refractivity contribution in [3.8, 4) is 33.9 Å². The first-order chi connectivity index (χ1) is 27.5. The summed E-state index contributed by atoms with van der Waals surface area (Å²) in [6, 6.07) is 15.9. The molecule has 3 aromatic carbocycles. The third-order valence-electron chi connectivity index (χ3n) is 8.72. The van der Waals surface area contributed by atoms with Crippen molar-refractivity contribution >= 4 is 58.2 Å². The highest BCUT2D eigenvalue weighted by Crippen LogP contribution is 2.45. The van der Waals surface area contributed by atoms with E-state index in [1.54, 1.807) is 25.1 Å². The second-order valence-electron chi connectivity index (χ2n) is 12.9. The van der Waals surface area contributed by atoms with Gasteiger partial charge in [-0.05, 0) is 54.8 Å². The van der Waals surface area contributed by atoms with Gasteiger partial charge in [-0.3, -0.25) is 28.8 Å². The third kappa shape index (κ3) is 9.96. The summed E-state index contributed by atoms with van der Waals surface area (Å²) in [4.78, 5) is 86.1. The number of benzene rings is 4. The normalized spacial score (nSPS) is 10.9. The quantitative estimate of drug-likeness (QED) is 0.0479. The highest BCUT2D eigenvalue weighted by Gasteiger charge is 2.27. The summed E-state index contributed by atoms with van der Waals surface area (Å²) < 4.78 is 18.2. The maximum atomic E-state index is 13.1. The van der Waals surface area contributed by atoms with Gasteiger partial charge in [-0.25, -0.2) is 4.79 Å². The predicted molar refractivity (Wildman–Crippen MR) is 205 cm³/mol. The van der Waals surface area contributed by atoms with Crippen LogP contribution in [-0.4, -0.2) is 106 Å². The van der Waals surface area contributed by atoms with E-state index < -0.39 is 67.4 Å². The van der Waals surface area contributed by atoms with Crippen LogP contribution >= 0.6 is 0 Å². The lowest BCUT2D eigenvalue weighted by Crippen LogP contribution is -2.35. The monoisotopic (exact) mass is 800 g/mol. The Bertz CT molecular complexity index is 2420. The Morgan fingerprint density at radius 3 is 1.78 bits per heavy atom. The van der Waals surface area contributed by atoms with E-state index in [1.807, 2.05) is 0 Å². The molecule has 0 unspecified atom stereocenters. The first-order valence-electron chi connectivity index (χ1n) is 17.4. The van der Waals surface area contributed by atoms with Gasteiger partial charge in [0.15, 0.2) is 5.43 Å². The highest BCUT2D eigenvalue weighted by molar-refractivity contribution is 6.08. The number of fused-ring (bicyclic) bond motifs is 2. The van der Waals surface area contributed by atoms with Crippen molar-refractivity contribution in [1.82, 2.24) is 0 Å². The third-order valence-corrected chi connectivity index (χ3v) is 8.72. The number of carboxylic acid groups (broad SMARTS) is 6. The number of hydrogen-bond donors (Lipinski definition) is 6. The van der Waals surface area contributed by atoms with Crippen molar-refractivity contribution in [3.63, 3.8) is 0 Å². The van der Waals surface area contributed by atoms with Crippen molar-refractivity contribution in [2.24, 2.45) is 0 Å². The van der Waals surface area contributed by atoms with E-state index in [9.17, 15) is 64.2 Å². The Kier molecular flexibility index (Phi) is 12.8. The van der Waals surface area contributed by atoms with Crippen LogP contribution in [0.3, 0.4) is 0 Å². The summed E-state index contributed by atoms with van der Waals surface area (Å²) in [6.45, 7) is -1.78. The number of anilines is 2. The second kappa shape index (κ2) is 17.9. The summed E-state index contributed by atoms with van der Waals surface area (Å²) in [5.74, 6) is -7.84. The zero-order valence-corrected chi connectivity index (χ0v) is 30.7. The topological polar surface area (TPSA) is 279 Å². The van der Waals surface area contributed by atoms with Crippen LogP contribution in [0.15, 0.2) is 75.9 Å². The van der Waals surface area contributed by atoms with Crippen LogP contribution in [0.25, 0.3) is 33.4 Å². The van der Waals surface area contributed by atoms with E-state index in [0.29, 0.717) is 5.56 Å². The molecule has 0 spiro atoms. The standard InChI is InChI=1S/C40H36N2O16/c1-21-6-8-27(41(17-35(46)47)18-36(48)49)32(12-21)56-10-11-57-33-14-26-30(15-28(33)42(19-37(50)51)20-38(52)53)58-31-16-29(43)22(7-9-34(44)45)13-25(31)39(26)23-4-2-3-5-24(23)40(54)55/h2-6,8,12-16H,7,9-11,17-20H2,1H3,(H,44,45)(H,46,47)(H,48,49)(H,50,51)(H,52,53)(H,54,55). The van der Waals surface area contributed by atoms with E-state index in [4.69, 9.17) is 13.9 Å². The summed E-state index contributed by atoms with van der Waals surface area (Å²) in [5, 5.41) is 58.0. The second-order valence-corrected chi connectivity index (χ2v) is 12.9. The predicted octanol–water partition coefficient (Wildman–Crippen LogP) is 4.00. The van der Waals surface area contributed by atoms with Gasteiger partial charge in [-0.15, -0.1) is 0 Å². The van der Waals surface area contributed by atoms with E-state index >= 15 is 0 Å². The van der Waals surface area contributed by atoms with Crippen molar-refractivity contribution in [2.45, 2.75) is 19.8 Å². The molecule has 5 rings (SSSR count). The van der Waals surface area contributed by atoms with Gasteiger partial charge < -0.3 is 54.3 Å². The molecule has 0 saturated carbocycles. The van der Waals surface area contributed by atoms with Crippen LogP contribution in [0.5, 0.6) is 11.5 Å². The average molecular weight is 801 g/mol. The molecule has 1 heterocycles. The molecule has 1 aliphatic carbocycles. The highest BCUT2D eigenvalue weighted by atomic mass is 16.5. The molecule has 0 amide bonds. The lowest BCUT2D eigenvalue weighted by molar-refractivity contribution is -0.138. The van der Waals surface area contributed by atoms with E-state index in [-0.39, 0.29) is 93.5 Å². The number of rotatable bonds is 20. The fourth-order valence-corrected chi connectivity index (χ4v) is 6.36. The average Bonchev–Trinajstić information content (AvgIpc) is 3.13. The molecule has 18 nitrogen and oxygen atoms in total. The van der Waals surface area contributed by atoms with Crippen LogP contribution < -0.4 is 24.7 Å². The first-order valence-corrected chi connectivity index (χ1v) is 17.4. The maximum absolute atomic E-state index is 13.1. The summed E-state index contributed by atoms with van der Waals surface area (Å²) in [7, 11) is 0. The van der Waals surface area contributed by atoms with Crippen molar-refractivity contribution in [3.05, 3.63) is 93.6 Å². The zero-order chi connectivity index (χ0) is 42.3. The van der Waals surface area contributed by atoms with E-state index in [2.05, 4.69) is 0 Å². The maximum Gasteiger partial charge on any atom is 0.336 e. The lowest BCUT2D eigenvalue weighted by atomic mass is 9.89. The van der Waals surface area contributed by atoms with Gasteiger partial charge in [0.1, 0.15) is 62.2 Å². The molecule has 302 valence electrons. The molecule has 2 aliphatic rings. The van der Waals surface area contributed by atoms with Gasteiger partial charge in [0.2, 0.25) is 0 Å². The minimum atomic E-state index is -1.40. The molecule has 0 aromatic heterocycles. The number of carbonyl (C=O) groups is 6. The Labute approximate surface area is 327 Å². The SMILES string of the molecule is Cc1ccc(N(CC(=O)O)CC(=O)O)c(OCCOc2cc3c(-c4ccccc4C(=O)O)c4cc(CCC(=O)O)c(=O)cc-4oc3cc2N(CC(=O)O)CC(=O)O)c1. The molecule has 3 aromatic rings. The van der Waals surface area contributed by atoms with Crippen molar-refractivity contribution in [1.29, 1.82) is 0 Å². The molecule has 0 bridgehead atoms. The van der Waals surface area contributed by atoms with E-state index in [0.717, 1.165) is 15.9 Å². The molecule has 0 saturated heterocycles. The van der Waals surface area contributed by atoms with Gasteiger partial charge >= 0.3 is 35.8 Å². The Hall–Kier alpha value is -7.63. The molecule has 6 N–H and O–H groups in total. The summed E-state index contributed by atoms with van der Waals surface area (Å²) in [6.07, 6.45) is -0.526. The van der Waals surface area contributed by atoms with Crippen LogP contribution in [0, 0.1) is 6.92 Å². The number of hydrogen-bond acceptors (Lipinski definition) is 12. The zero-order valence-electron chi connectivity index (χ0n) is 30.7. The number of aromatic carboxylic acids is 1. The minimum absolute atomic E-state index is 0.0267. The lowest BCUT2D eigenvalue weighted by Gasteiger charge is -2.26. The van der Waals surface area contributed by atoms with Gasteiger partial charge in [0.05, 0.1) is 16.9 Å². The van der Waals surface area contributed by atoms with Crippen LogP contribution in [0.4, 0.5) is 11.4 Å². The number of aliphatic carboxylic acids is 5. The molecule has 18 heteroatoms. The fourth-order valence-electron chi connectivity index (χ4n) is 6.36. The van der Waals surface area contributed by atoms with E-state index in [1.165, 1.54) is 42.5 Å².